The van der Waals surface area contributed by atoms with E-state index in [0.29, 0.717) is 6.10 Å². The highest BCUT2D eigenvalue weighted by molar-refractivity contribution is 5.94. The number of ether oxygens (including phenoxy) is 1. The van der Waals surface area contributed by atoms with Crippen molar-refractivity contribution in [1.29, 1.82) is 0 Å². The van der Waals surface area contributed by atoms with Crippen molar-refractivity contribution in [2.75, 3.05) is 39.3 Å². The van der Waals surface area contributed by atoms with Gasteiger partial charge in [-0.15, -0.1) is 0 Å². The van der Waals surface area contributed by atoms with Gasteiger partial charge in [0.25, 0.3) is 5.91 Å². The summed E-state index contributed by atoms with van der Waals surface area (Å²) in [5.74, 6) is 0.140. The van der Waals surface area contributed by atoms with Crippen LogP contribution < -0.4 is 0 Å². The Morgan fingerprint density at radius 1 is 0.923 bits per heavy atom. The first-order chi connectivity index (χ1) is 12.8. The highest BCUT2D eigenvalue weighted by Crippen LogP contribution is 2.20. The molecule has 0 saturated carbocycles. The molecule has 2 fully saturated rings. The predicted molar refractivity (Wildman–Crippen MR) is 103 cm³/mol. The topological polar surface area (TPSA) is 32.8 Å². The van der Waals surface area contributed by atoms with Gasteiger partial charge in [-0.3, -0.25) is 9.69 Å². The van der Waals surface area contributed by atoms with Crippen LogP contribution in [0, 0.1) is 0 Å². The minimum Gasteiger partial charge on any atom is -0.377 e. The summed E-state index contributed by atoms with van der Waals surface area (Å²) in [7, 11) is 0. The molecule has 2 aliphatic heterocycles. The summed E-state index contributed by atoms with van der Waals surface area (Å²) < 4.78 is 5.72. The lowest BCUT2D eigenvalue weighted by Gasteiger charge is -2.35. The molecule has 1 unspecified atom stereocenters. The summed E-state index contributed by atoms with van der Waals surface area (Å²) >= 11 is 0. The molecule has 2 aromatic carbocycles. The Labute approximate surface area is 155 Å². The van der Waals surface area contributed by atoms with Gasteiger partial charge in [-0.05, 0) is 36.1 Å². The zero-order valence-electron chi connectivity index (χ0n) is 15.1. The molecule has 2 heterocycles. The zero-order chi connectivity index (χ0) is 17.8. The monoisotopic (exact) mass is 350 g/mol. The van der Waals surface area contributed by atoms with Gasteiger partial charge >= 0.3 is 0 Å². The van der Waals surface area contributed by atoms with E-state index in [9.17, 15) is 4.79 Å². The third-order valence-corrected chi connectivity index (χ3v) is 5.38. The fraction of sp³-hybridized carbons (Fsp3) is 0.409. The summed E-state index contributed by atoms with van der Waals surface area (Å²) in [5.41, 5.74) is 3.09. The fourth-order valence-corrected chi connectivity index (χ4v) is 3.83. The molecule has 0 aliphatic carbocycles. The first-order valence-corrected chi connectivity index (χ1v) is 9.58. The third kappa shape index (κ3) is 3.97. The number of amides is 1. The summed E-state index contributed by atoms with van der Waals surface area (Å²) in [6.07, 6.45) is 2.75. The van der Waals surface area contributed by atoms with Crippen LogP contribution in [0.25, 0.3) is 11.1 Å². The number of rotatable bonds is 4. The lowest BCUT2D eigenvalue weighted by atomic mass is 10.0. The van der Waals surface area contributed by atoms with E-state index in [2.05, 4.69) is 17.0 Å². The van der Waals surface area contributed by atoms with Crippen LogP contribution in [0.15, 0.2) is 54.6 Å². The maximum absolute atomic E-state index is 12.8. The molecular formula is C22H26N2O2. The van der Waals surface area contributed by atoms with Crippen molar-refractivity contribution in [3.05, 3.63) is 60.2 Å². The average molecular weight is 350 g/mol. The molecule has 0 aromatic heterocycles. The molecule has 2 saturated heterocycles. The normalized spacial score (nSPS) is 21.1. The van der Waals surface area contributed by atoms with Crippen LogP contribution in [0.2, 0.25) is 0 Å². The maximum atomic E-state index is 12.8. The highest BCUT2D eigenvalue weighted by Gasteiger charge is 2.25. The van der Waals surface area contributed by atoms with Gasteiger partial charge in [-0.25, -0.2) is 0 Å². The van der Waals surface area contributed by atoms with Gasteiger partial charge in [-0.1, -0.05) is 42.5 Å². The molecule has 2 aliphatic rings. The SMILES string of the molecule is O=C(c1ccc(-c2ccccc2)cc1)N1CCN(CC2CCCO2)CC1. The quantitative estimate of drug-likeness (QED) is 0.848. The number of carbonyl (C=O) groups is 1. The van der Waals surface area contributed by atoms with Crippen molar-refractivity contribution in [3.63, 3.8) is 0 Å². The van der Waals surface area contributed by atoms with Gasteiger partial charge < -0.3 is 9.64 Å². The molecule has 2 aromatic rings. The largest absolute Gasteiger partial charge is 0.377 e. The molecule has 1 amide bonds. The molecule has 0 radical (unpaired) electrons. The molecule has 0 bridgehead atoms. The Morgan fingerprint density at radius 2 is 1.62 bits per heavy atom. The fourth-order valence-electron chi connectivity index (χ4n) is 3.83. The van der Waals surface area contributed by atoms with Gasteiger partial charge in [0, 0.05) is 44.9 Å². The molecule has 0 spiro atoms. The van der Waals surface area contributed by atoms with Crippen LogP contribution >= 0.6 is 0 Å². The number of hydrogen-bond donors (Lipinski definition) is 0. The molecular weight excluding hydrogens is 324 g/mol. The Bertz CT molecular complexity index is 716. The summed E-state index contributed by atoms with van der Waals surface area (Å²) in [6.45, 7) is 5.38. The summed E-state index contributed by atoms with van der Waals surface area (Å²) in [6, 6.07) is 18.2. The minimum absolute atomic E-state index is 0.140. The Balaban J connectivity index is 1.33. The molecule has 136 valence electrons. The maximum Gasteiger partial charge on any atom is 0.253 e. The smallest absolute Gasteiger partial charge is 0.253 e. The second-order valence-corrected chi connectivity index (χ2v) is 7.17. The van der Waals surface area contributed by atoms with Crippen LogP contribution in [-0.2, 0) is 4.74 Å². The number of carbonyl (C=O) groups excluding carboxylic acids is 1. The van der Waals surface area contributed by atoms with E-state index in [4.69, 9.17) is 4.74 Å². The molecule has 4 nitrogen and oxygen atoms in total. The Kier molecular flexibility index (Phi) is 5.32. The van der Waals surface area contributed by atoms with Crippen LogP contribution in [0.3, 0.4) is 0 Å². The van der Waals surface area contributed by atoms with E-state index < -0.39 is 0 Å². The van der Waals surface area contributed by atoms with Crippen molar-refractivity contribution in [1.82, 2.24) is 9.80 Å². The second-order valence-electron chi connectivity index (χ2n) is 7.17. The van der Waals surface area contributed by atoms with E-state index in [1.54, 1.807) is 0 Å². The zero-order valence-corrected chi connectivity index (χ0v) is 15.1. The second kappa shape index (κ2) is 8.02. The third-order valence-electron chi connectivity index (χ3n) is 5.38. The number of piperazine rings is 1. The van der Waals surface area contributed by atoms with E-state index in [0.717, 1.165) is 50.5 Å². The molecule has 4 rings (SSSR count). The number of benzene rings is 2. The van der Waals surface area contributed by atoms with E-state index >= 15 is 0 Å². The molecule has 1 atom stereocenters. The Hall–Kier alpha value is -2.17. The molecule has 0 N–H and O–H groups in total. The average Bonchev–Trinajstić information content (AvgIpc) is 3.22. The van der Waals surface area contributed by atoms with Gasteiger partial charge in [-0.2, -0.15) is 0 Å². The highest BCUT2D eigenvalue weighted by atomic mass is 16.5. The Morgan fingerprint density at radius 3 is 2.27 bits per heavy atom. The van der Waals surface area contributed by atoms with Crippen molar-refractivity contribution in [3.8, 4) is 11.1 Å². The minimum atomic E-state index is 0.140. The predicted octanol–water partition coefficient (Wildman–Crippen LogP) is 3.29. The van der Waals surface area contributed by atoms with Gasteiger partial charge in [0.15, 0.2) is 0 Å². The van der Waals surface area contributed by atoms with Crippen LogP contribution in [0.4, 0.5) is 0 Å². The van der Waals surface area contributed by atoms with Crippen LogP contribution in [-0.4, -0.2) is 61.1 Å². The van der Waals surface area contributed by atoms with E-state index in [-0.39, 0.29) is 5.91 Å². The summed E-state index contributed by atoms with van der Waals surface area (Å²) in [4.78, 5) is 17.2. The van der Waals surface area contributed by atoms with Crippen molar-refractivity contribution >= 4 is 5.91 Å². The van der Waals surface area contributed by atoms with E-state index in [1.807, 2.05) is 47.4 Å². The first-order valence-electron chi connectivity index (χ1n) is 9.58. The lowest BCUT2D eigenvalue weighted by Crippen LogP contribution is -2.50. The van der Waals surface area contributed by atoms with Gasteiger partial charge in [0.05, 0.1) is 6.10 Å². The summed E-state index contributed by atoms with van der Waals surface area (Å²) in [5, 5.41) is 0. The first kappa shape index (κ1) is 17.3. The van der Waals surface area contributed by atoms with Gasteiger partial charge in [0.2, 0.25) is 0 Å². The van der Waals surface area contributed by atoms with Crippen molar-refractivity contribution in [2.45, 2.75) is 18.9 Å². The van der Waals surface area contributed by atoms with Gasteiger partial charge in [0.1, 0.15) is 0 Å². The standard InChI is InChI=1S/C22H26N2O2/c25-22(20-10-8-19(9-11-20)18-5-2-1-3-6-18)24-14-12-23(13-15-24)17-21-7-4-16-26-21/h1-3,5-6,8-11,21H,4,7,12-17H2. The van der Waals surface area contributed by atoms with Crippen molar-refractivity contribution in [2.24, 2.45) is 0 Å². The lowest BCUT2D eigenvalue weighted by molar-refractivity contribution is 0.0433. The van der Waals surface area contributed by atoms with E-state index in [1.165, 1.54) is 18.4 Å². The molecule has 4 heteroatoms. The van der Waals surface area contributed by atoms with Crippen LogP contribution in [0.5, 0.6) is 0 Å². The van der Waals surface area contributed by atoms with Crippen LogP contribution in [0.1, 0.15) is 23.2 Å². The molecule has 26 heavy (non-hydrogen) atoms. The number of nitrogens with zero attached hydrogens (tertiary/aromatic N) is 2. The number of hydrogen-bond acceptors (Lipinski definition) is 3. The van der Waals surface area contributed by atoms with Crippen molar-refractivity contribution < 1.29 is 9.53 Å².